The van der Waals surface area contributed by atoms with Crippen molar-refractivity contribution in [2.45, 2.75) is 58.4 Å². The highest BCUT2D eigenvalue weighted by Gasteiger charge is 2.28. The zero-order chi connectivity index (χ0) is 20.6. The zero-order valence-corrected chi connectivity index (χ0v) is 17.0. The number of nitrogens with one attached hydrogen (secondary N) is 1. The van der Waals surface area contributed by atoms with Gasteiger partial charge in [0.05, 0.1) is 0 Å². The summed E-state index contributed by atoms with van der Waals surface area (Å²) in [6, 6.07) is 17.8. The van der Waals surface area contributed by atoms with Crippen molar-refractivity contribution in [2.75, 3.05) is 0 Å². The summed E-state index contributed by atoms with van der Waals surface area (Å²) in [4.78, 5) is 25.0. The molecule has 0 saturated heterocycles. The molecule has 0 spiro atoms. The van der Waals surface area contributed by atoms with Crippen LogP contribution in [0.2, 0.25) is 0 Å². The lowest BCUT2D eigenvalue weighted by molar-refractivity contribution is -0.158. The molecule has 2 aromatic rings. The third-order valence-electron chi connectivity index (χ3n) is 4.00. The van der Waals surface area contributed by atoms with E-state index < -0.39 is 23.7 Å². The summed E-state index contributed by atoms with van der Waals surface area (Å²) in [7, 11) is 0. The monoisotopic (exact) mass is 383 g/mol. The fourth-order valence-electron chi connectivity index (χ4n) is 2.66. The Labute approximate surface area is 167 Å². The normalized spacial score (nSPS) is 13.4. The van der Waals surface area contributed by atoms with Gasteiger partial charge in [-0.05, 0) is 45.2 Å². The Morgan fingerprint density at radius 3 is 1.96 bits per heavy atom. The zero-order valence-electron chi connectivity index (χ0n) is 17.0. The van der Waals surface area contributed by atoms with Gasteiger partial charge in [0.1, 0.15) is 24.3 Å². The van der Waals surface area contributed by atoms with Gasteiger partial charge in [-0.15, -0.1) is 0 Å². The van der Waals surface area contributed by atoms with Crippen molar-refractivity contribution in [2.24, 2.45) is 0 Å². The average molecular weight is 383 g/mol. The Balaban J connectivity index is 2.00. The van der Waals surface area contributed by atoms with Crippen LogP contribution < -0.4 is 5.32 Å². The first-order chi connectivity index (χ1) is 13.2. The van der Waals surface area contributed by atoms with E-state index in [-0.39, 0.29) is 12.6 Å². The van der Waals surface area contributed by atoms with Crippen LogP contribution in [0.1, 0.15) is 38.8 Å². The Hall–Kier alpha value is -2.66. The first-order valence-corrected chi connectivity index (χ1v) is 9.48. The van der Waals surface area contributed by atoms with Gasteiger partial charge in [-0.2, -0.15) is 0 Å². The van der Waals surface area contributed by atoms with Gasteiger partial charge in [0.25, 0.3) is 0 Å². The molecule has 0 bridgehead atoms. The number of hydrogen-bond donors (Lipinski definition) is 1. The van der Waals surface area contributed by atoms with Crippen LogP contribution in [0, 0.1) is 0 Å². The van der Waals surface area contributed by atoms with Crippen LogP contribution >= 0.6 is 0 Å². The molecular formula is C23H29NO4. The maximum absolute atomic E-state index is 12.7. The third kappa shape index (κ3) is 7.53. The van der Waals surface area contributed by atoms with E-state index in [1.807, 2.05) is 81.4 Å². The van der Waals surface area contributed by atoms with Crippen LogP contribution in [0.4, 0.5) is 0 Å². The van der Waals surface area contributed by atoms with E-state index in [9.17, 15) is 9.59 Å². The number of carbonyl (C=O) groups is 2. The summed E-state index contributed by atoms with van der Waals surface area (Å²) < 4.78 is 10.9. The SMILES string of the molecule is C[C@H](N[C@@H](Cc1ccccc1)C(=O)OC(C)(C)C)C(=O)OCc1ccccc1. The van der Waals surface area contributed by atoms with Gasteiger partial charge in [-0.25, -0.2) is 0 Å². The van der Waals surface area contributed by atoms with E-state index in [0.717, 1.165) is 11.1 Å². The Morgan fingerprint density at radius 1 is 0.893 bits per heavy atom. The lowest BCUT2D eigenvalue weighted by Crippen LogP contribution is -2.49. The van der Waals surface area contributed by atoms with Crippen molar-refractivity contribution in [1.29, 1.82) is 0 Å². The molecule has 0 aliphatic carbocycles. The van der Waals surface area contributed by atoms with Gasteiger partial charge in [-0.1, -0.05) is 60.7 Å². The van der Waals surface area contributed by atoms with Crippen molar-refractivity contribution in [3.05, 3.63) is 71.8 Å². The molecule has 1 N–H and O–H groups in total. The first-order valence-electron chi connectivity index (χ1n) is 9.48. The minimum atomic E-state index is -0.652. The second-order valence-corrected chi connectivity index (χ2v) is 7.76. The highest BCUT2D eigenvalue weighted by Crippen LogP contribution is 2.12. The molecule has 0 aliphatic rings. The van der Waals surface area contributed by atoms with Crippen LogP contribution in [-0.4, -0.2) is 29.6 Å². The molecule has 0 aromatic heterocycles. The van der Waals surface area contributed by atoms with Gasteiger partial charge in [-0.3, -0.25) is 14.9 Å². The summed E-state index contributed by atoms with van der Waals surface area (Å²) >= 11 is 0. The van der Waals surface area contributed by atoms with Crippen molar-refractivity contribution in [1.82, 2.24) is 5.32 Å². The van der Waals surface area contributed by atoms with E-state index in [0.29, 0.717) is 6.42 Å². The number of carbonyl (C=O) groups excluding carboxylic acids is 2. The van der Waals surface area contributed by atoms with Crippen molar-refractivity contribution in [3.63, 3.8) is 0 Å². The van der Waals surface area contributed by atoms with Crippen molar-refractivity contribution >= 4 is 11.9 Å². The standard InChI is InChI=1S/C23H29NO4/c1-17(21(25)27-16-19-13-9-6-10-14-19)24-20(22(26)28-23(2,3)4)15-18-11-7-5-8-12-18/h5-14,17,20,24H,15-16H2,1-4H3/t17-,20-/m0/s1. The molecule has 0 radical (unpaired) electrons. The van der Waals surface area contributed by atoms with E-state index in [4.69, 9.17) is 9.47 Å². The van der Waals surface area contributed by atoms with Crippen LogP contribution in [0.15, 0.2) is 60.7 Å². The number of benzene rings is 2. The average Bonchev–Trinajstić information content (AvgIpc) is 2.65. The lowest BCUT2D eigenvalue weighted by atomic mass is 10.0. The summed E-state index contributed by atoms with van der Waals surface area (Å²) in [5, 5.41) is 3.07. The largest absolute Gasteiger partial charge is 0.460 e. The second-order valence-electron chi connectivity index (χ2n) is 7.76. The van der Waals surface area contributed by atoms with Crippen molar-refractivity contribution in [3.8, 4) is 0 Å². The fraction of sp³-hybridized carbons (Fsp3) is 0.391. The number of hydrogen-bond acceptors (Lipinski definition) is 5. The lowest BCUT2D eigenvalue weighted by Gasteiger charge is -2.26. The van der Waals surface area contributed by atoms with Crippen LogP contribution in [-0.2, 0) is 32.1 Å². The summed E-state index contributed by atoms with van der Waals surface area (Å²) in [5.41, 5.74) is 1.29. The van der Waals surface area contributed by atoms with Gasteiger partial charge in [0.2, 0.25) is 0 Å². The molecule has 0 fully saturated rings. The van der Waals surface area contributed by atoms with E-state index in [2.05, 4.69) is 5.32 Å². The van der Waals surface area contributed by atoms with Crippen LogP contribution in [0.5, 0.6) is 0 Å². The molecular weight excluding hydrogens is 354 g/mol. The number of rotatable bonds is 8. The summed E-state index contributed by atoms with van der Waals surface area (Å²) in [5.74, 6) is -0.801. The van der Waals surface area contributed by atoms with Gasteiger partial charge in [0, 0.05) is 0 Å². The van der Waals surface area contributed by atoms with Crippen LogP contribution in [0.25, 0.3) is 0 Å². The molecule has 0 heterocycles. The Bertz CT molecular complexity index is 753. The molecule has 150 valence electrons. The Kier molecular flexibility index (Phi) is 7.76. The maximum atomic E-state index is 12.7. The van der Waals surface area contributed by atoms with Gasteiger partial charge >= 0.3 is 11.9 Å². The highest BCUT2D eigenvalue weighted by molar-refractivity contribution is 5.80. The van der Waals surface area contributed by atoms with Crippen LogP contribution in [0.3, 0.4) is 0 Å². The maximum Gasteiger partial charge on any atom is 0.324 e. The molecule has 0 aliphatic heterocycles. The number of esters is 2. The second kappa shape index (κ2) is 10.0. The smallest absolute Gasteiger partial charge is 0.324 e. The predicted octanol–water partition coefficient (Wildman–Crippen LogP) is 3.66. The predicted molar refractivity (Wildman–Crippen MR) is 109 cm³/mol. The highest BCUT2D eigenvalue weighted by atomic mass is 16.6. The molecule has 2 rings (SSSR count). The minimum Gasteiger partial charge on any atom is -0.460 e. The third-order valence-corrected chi connectivity index (χ3v) is 4.00. The molecule has 0 unspecified atom stereocenters. The molecule has 5 heteroatoms. The molecule has 28 heavy (non-hydrogen) atoms. The fourth-order valence-corrected chi connectivity index (χ4v) is 2.66. The van der Waals surface area contributed by atoms with Gasteiger partial charge < -0.3 is 9.47 Å². The quantitative estimate of drug-likeness (QED) is 0.705. The summed E-state index contributed by atoms with van der Waals surface area (Å²) in [6.45, 7) is 7.35. The topological polar surface area (TPSA) is 64.6 Å². The van der Waals surface area contributed by atoms with E-state index in [1.54, 1.807) is 6.92 Å². The molecule has 0 saturated carbocycles. The molecule has 5 nitrogen and oxygen atoms in total. The van der Waals surface area contributed by atoms with Gasteiger partial charge in [0.15, 0.2) is 0 Å². The van der Waals surface area contributed by atoms with E-state index >= 15 is 0 Å². The molecule has 0 amide bonds. The minimum absolute atomic E-state index is 0.196. The van der Waals surface area contributed by atoms with E-state index in [1.165, 1.54) is 0 Å². The Morgan fingerprint density at radius 2 is 1.43 bits per heavy atom. The molecule has 2 aromatic carbocycles. The van der Waals surface area contributed by atoms with Crippen molar-refractivity contribution < 1.29 is 19.1 Å². The summed E-state index contributed by atoms with van der Waals surface area (Å²) in [6.07, 6.45) is 0.423. The first kappa shape index (κ1) is 21.6. The number of ether oxygens (including phenoxy) is 2. The molecule has 2 atom stereocenters.